The quantitative estimate of drug-likeness (QED) is 0.532. The van der Waals surface area contributed by atoms with Gasteiger partial charge in [0.05, 0.1) is 0 Å². The van der Waals surface area contributed by atoms with E-state index in [2.05, 4.69) is 0 Å². The van der Waals surface area contributed by atoms with Crippen molar-refractivity contribution >= 4 is 0 Å². The summed E-state index contributed by atoms with van der Waals surface area (Å²) in [6.07, 6.45) is 0. The van der Waals surface area contributed by atoms with E-state index in [4.69, 9.17) is 7.10 Å². The molecule has 0 aromatic heterocycles. The van der Waals surface area contributed by atoms with Crippen molar-refractivity contribution in [2.75, 3.05) is 0 Å². The van der Waals surface area contributed by atoms with Crippen LogP contribution in [0.4, 0.5) is 0 Å². The number of hydrogen-bond acceptors (Lipinski definition) is 1. The van der Waals surface area contributed by atoms with Crippen molar-refractivity contribution in [1.29, 1.82) is 0 Å². The highest BCUT2D eigenvalue weighted by molar-refractivity contribution is 4.74. The SMILES string of the molecule is [2H]CC(C)C(C)(C)N. The molecule has 0 radical (unpaired) electrons. The van der Waals surface area contributed by atoms with Crippen molar-refractivity contribution in [3.63, 3.8) is 0 Å². The van der Waals surface area contributed by atoms with E-state index in [0.717, 1.165) is 0 Å². The molecule has 0 saturated heterocycles. The first kappa shape index (κ1) is 5.10. The lowest BCUT2D eigenvalue weighted by atomic mass is 9.92. The largest absolute Gasteiger partial charge is 0.325 e. The Kier molecular flexibility index (Phi) is 1.33. The van der Waals surface area contributed by atoms with Crippen LogP contribution in [0.25, 0.3) is 0 Å². The fourth-order valence-corrected chi connectivity index (χ4v) is 0. The zero-order valence-corrected chi connectivity index (χ0v) is 5.36. The summed E-state index contributed by atoms with van der Waals surface area (Å²) in [6.45, 7) is 6.31. The van der Waals surface area contributed by atoms with Gasteiger partial charge in [-0.1, -0.05) is 13.8 Å². The van der Waals surface area contributed by atoms with Crippen molar-refractivity contribution in [3.8, 4) is 0 Å². The molecule has 1 atom stereocenters. The standard InChI is InChI=1S/C6H15N/c1-5(2)6(3,4)7/h5H,7H2,1-4H3/i1D. The highest BCUT2D eigenvalue weighted by atomic mass is 14.7. The predicted octanol–water partition coefficient (Wildman–Crippen LogP) is 1.38. The monoisotopic (exact) mass is 102 g/mol. The molecule has 0 aromatic carbocycles. The van der Waals surface area contributed by atoms with Crippen LogP contribution in [0, 0.1) is 5.92 Å². The maximum atomic E-state index is 6.98. The summed E-state index contributed by atoms with van der Waals surface area (Å²) in [5.41, 5.74) is 5.49. The highest BCUT2D eigenvalue weighted by Gasteiger charge is 2.14. The number of hydrogen-bond donors (Lipinski definition) is 1. The van der Waals surface area contributed by atoms with Crippen molar-refractivity contribution in [1.82, 2.24) is 0 Å². The van der Waals surface area contributed by atoms with E-state index in [1.807, 2.05) is 20.8 Å². The minimum Gasteiger partial charge on any atom is -0.325 e. The fourth-order valence-electron chi connectivity index (χ4n) is 0. The maximum absolute atomic E-state index is 6.98. The number of nitrogens with two attached hydrogens (primary N) is 1. The zero-order valence-electron chi connectivity index (χ0n) is 6.36. The minimum absolute atomic E-state index is 0.179. The van der Waals surface area contributed by atoms with Gasteiger partial charge in [-0.05, 0) is 19.8 Å². The summed E-state index contributed by atoms with van der Waals surface area (Å²) in [6, 6.07) is 0. The van der Waals surface area contributed by atoms with E-state index in [-0.39, 0.29) is 5.54 Å². The lowest BCUT2D eigenvalue weighted by molar-refractivity contribution is 0.373. The molecule has 0 rings (SSSR count). The first-order chi connectivity index (χ1) is 3.48. The van der Waals surface area contributed by atoms with Crippen molar-refractivity contribution in [2.45, 2.75) is 33.2 Å². The molecule has 0 saturated carbocycles. The first-order valence-corrected chi connectivity index (χ1v) is 2.56. The zero-order chi connectivity index (χ0) is 6.78. The van der Waals surface area contributed by atoms with Crippen molar-refractivity contribution in [3.05, 3.63) is 0 Å². The average molecular weight is 102 g/mol. The molecule has 0 amide bonds. The Morgan fingerprint density at radius 2 is 2.14 bits per heavy atom. The van der Waals surface area contributed by atoms with Gasteiger partial charge in [-0.15, -0.1) is 0 Å². The van der Waals surface area contributed by atoms with Gasteiger partial charge < -0.3 is 5.73 Å². The maximum Gasteiger partial charge on any atom is 0.0234 e. The normalized spacial score (nSPS) is 18.6. The fraction of sp³-hybridized carbons (Fsp3) is 1.00. The molecule has 7 heavy (non-hydrogen) atoms. The lowest BCUT2D eigenvalue weighted by Crippen LogP contribution is -2.37. The van der Waals surface area contributed by atoms with Crippen LogP contribution in [0.1, 0.15) is 29.0 Å². The van der Waals surface area contributed by atoms with E-state index in [9.17, 15) is 0 Å². The van der Waals surface area contributed by atoms with Crippen LogP contribution in [0.5, 0.6) is 0 Å². The summed E-state index contributed by atoms with van der Waals surface area (Å²) < 4.78 is 6.98. The molecule has 0 spiro atoms. The van der Waals surface area contributed by atoms with Gasteiger partial charge in [0, 0.05) is 6.91 Å². The molecule has 0 heterocycles. The second-order valence-corrected chi connectivity index (χ2v) is 2.72. The lowest BCUT2D eigenvalue weighted by Gasteiger charge is -2.22. The van der Waals surface area contributed by atoms with E-state index < -0.39 is 0 Å². The molecule has 0 aromatic rings. The Morgan fingerprint density at radius 1 is 1.71 bits per heavy atom. The van der Waals surface area contributed by atoms with Gasteiger partial charge in [0.15, 0.2) is 0 Å². The molecule has 1 heteroatoms. The van der Waals surface area contributed by atoms with Crippen LogP contribution in [0.3, 0.4) is 0 Å². The molecule has 0 aliphatic carbocycles. The molecule has 0 aliphatic heterocycles. The van der Waals surface area contributed by atoms with E-state index >= 15 is 0 Å². The van der Waals surface area contributed by atoms with Gasteiger partial charge in [-0.3, -0.25) is 0 Å². The van der Waals surface area contributed by atoms with Gasteiger partial charge in [0.2, 0.25) is 0 Å². The van der Waals surface area contributed by atoms with Crippen LogP contribution >= 0.6 is 0 Å². The second kappa shape index (κ2) is 1.83. The third-order valence-corrected chi connectivity index (χ3v) is 1.27. The molecule has 2 N–H and O–H groups in total. The topological polar surface area (TPSA) is 26.0 Å². The van der Waals surface area contributed by atoms with Gasteiger partial charge in [-0.25, -0.2) is 0 Å². The van der Waals surface area contributed by atoms with Gasteiger partial charge in [0.1, 0.15) is 0 Å². The van der Waals surface area contributed by atoms with Crippen molar-refractivity contribution in [2.24, 2.45) is 11.7 Å². The van der Waals surface area contributed by atoms with Gasteiger partial charge in [-0.2, -0.15) is 0 Å². The molecule has 0 bridgehead atoms. The Bertz CT molecular complexity index is 65.4. The molecule has 1 nitrogen and oxygen atoms in total. The van der Waals surface area contributed by atoms with E-state index in [0.29, 0.717) is 12.8 Å². The Balaban J connectivity index is 3.62. The number of rotatable bonds is 1. The summed E-state index contributed by atoms with van der Waals surface area (Å²) in [7, 11) is 0. The van der Waals surface area contributed by atoms with Crippen LogP contribution < -0.4 is 5.73 Å². The molecular weight excluding hydrogens is 86.1 g/mol. The molecule has 44 valence electrons. The highest BCUT2D eigenvalue weighted by Crippen LogP contribution is 2.09. The molecule has 1 unspecified atom stereocenters. The first-order valence-electron chi connectivity index (χ1n) is 3.27. The van der Waals surface area contributed by atoms with Crippen LogP contribution in [-0.4, -0.2) is 5.54 Å². The Morgan fingerprint density at radius 3 is 2.14 bits per heavy atom. The van der Waals surface area contributed by atoms with E-state index in [1.165, 1.54) is 0 Å². The smallest absolute Gasteiger partial charge is 0.0234 e. The Hall–Kier alpha value is -0.0400. The summed E-state index contributed by atoms with van der Waals surface area (Å²) in [4.78, 5) is 0. The third-order valence-electron chi connectivity index (χ3n) is 1.27. The molecule has 0 fully saturated rings. The minimum atomic E-state index is -0.179. The second-order valence-electron chi connectivity index (χ2n) is 2.72. The summed E-state index contributed by atoms with van der Waals surface area (Å²) >= 11 is 0. The van der Waals surface area contributed by atoms with Gasteiger partial charge in [0.25, 0.3) is 0 Å². The van der Waals surface area contributed by atoms with Gasteiger partial charge >= 0.3 is 0 Å². The third kappa shape index (κ3) is 2.63. The van der Waals surface area contributed by atoms with E-state index in [1.54, 1.807) is 0 Å². The molecular formula is C6H15N. The summed E-state index contributed by atoms with van der Waals surface area (Å²) in [5.74, 6) is 0.294. The average Bonchev–Trinajstić information content (AvgIpc) is 1.62. The Labute approximate surface area is 47.3 Å². The van der Waals surface area contributed by atoms with Crippen LogP contribution in [0.2, 0.25) is 0 Å². The molecule has 0 aliphatic rings. The predicted molar refractivity (Wildman–Crippen MR) is 33.1 cm³/mol. The summed E-state index contributed by atoms with van der Waals surface area (Å²) in [5, 5.41) is 0. The van der Waals surface area contributed by atoms with Crippen molar-refractivity contribution < 1.29 is 1.37 Å². The van der Waals surface area contributed by atoms with Crippen LogP contribution in [0.15, 0.2) is 0 Å². The van der Waals surface area contributed by atoms with Crippen LogP contribution in [-0.2, 0) is 0 Å².